The topological polar surface area (TPSA) is 116 Å². The second-order valence-electron chi connectivity index (χ2n) is 4.46. The third-order valence-electron chi connectivity index (χ3n) is 3.09. The Morgan fingerprint density at radius 3 is 2.40 bits per heavy atom. The molecule has 1 aromatic rings. The molecular formula is C13H16O7. The van der Waals surface area contributed by atoms with Crippen molar-refractivity contribution in [3.05, 3.63) is 35.9 Å². The number of rotatable bonds is 3. The van der Waals surface area contributed by atoms with Crippen LogP contribution in [0.15, 0.2) is 30.3 Å². The average molecular weight is 284 g/mol. The first-order chi connectivity index (χ1) is 9.54. The normalized spacial score (nSPS) is 33.7. The highest BCUT2D eigenvalue weighted by Gasteiger charge is 2.46. The number of hydrogen-bond acceptors (Lipinski definition) is 7. The Balaban J connectivity index is 2.11. The average Bonchev–Trinajstić information content (AvgIpc) is 2.48. The lowest BCUT2D eigenvalue weighted by Crippen LogP contribution is -2.59. The molecule has 0 saturated carbocycles. The minimum absolute atomic E-state index is 0.244. The number of ether oxygens (including phenoxy) is 2. The lowest BCUT2D eigenvalue weighted by Gasteiger charge is -2.39. The van der Waals surface area contributed by atoms with Gasteiger partial charge in [-0.15, -0.1) is 0 Å². The van der Waals surface area contributed by atoms with Crippen LogP contribution in [0.3, 0.4) is 0 Å². The molecule has 0 aliphatic carbocycles. The van der Waals surface area contributed by atoms with Gasteiger partial charge in [0.2, 0.25) is 0 Å². The van der Waals surface area contributed by atoms with Gasteiger partial charge < -0.3 is 29.9 Å². The fraction of sp³-hybridized carbons (Fsp3) is 0.462. The van der Waals surface area contributed by atoms with Crippen molar-refractivity contribution >= 4 is 5.97 Å². The summed E-state index contributed by atoms with van der Waals surface area (Å²) in [6.45, 7) is -0.579. The van der Waals surface area contributed by atoms with E-state index < -0.39 is 43.3 Å². The number of hydrogen-bond donors (Lipinski definition) is 4. The molecule has 0 amide bonds. The zero-order valence-corrected chi connectivity index (χ0v) is 10.5. The van der Waals surface area contributed by atoms with Crippen LogP contribution in [0, 0.1) is 0 Å². The summed E-state index contributed by atoms with van der Waals surface area (Å²) >= 11 is 0. The van der Waals surface area contributed by atoms with Crippen LogP contribution in [0.4, 0.5) is 0 Å². The van der Waals surface area contributed by atoms with Gasteiger partial charge in [0.05, 0.1) is 12.2 Å². The van der Waals surface area contributed by atoms with Gasteiger partial charge in [-0.1, -0.05) is 18.2 Å². The summed E-state index contributed by atoms with van der Waals surface area (Å²) < 4.78 is 9.81. The number of aliphatic hydroxyl groups is 4. The van der Waals surface area contributed by atoms with Gasteiger partial charge in [-0.2, -0.15) is 0 Å². The van der Waals surface area contributed by atoms with E-state index in [1.165, 1.54) is 12.1 Å². The molecule has 7 nitrogen and oxygen atoms in total. The predicted octanol–water partition coefficient (Wildman–Crippen LogP) is -1.36. The summed E-state index contributed by atoms with van der Waals surface area (Å²) in [5.41, 5.74) is 0.244. The van der Waals surface area contributed by atoms with Crippen LogP contribution >= 0.6 is 0 Å². The Hall–Kier alpha value is -1.51. The third-order valence-corrected chi connectivity index (χ3v) is 3.09. The van der Waals surface area contributed by atoms with E-state index in [1.807, 2.05) is 0 Å². The number of carbonyl (C=O) groups is 1. The highest BCUT2D eigenvalue weighted by atomic mass is 16.7. The van der Waals surface area contributed by atoms with E-state index in [0.29, 0.717) is 0 Å². The molecule has 1 saturated heterocycles. The van der Waals surface area contributed by atoms with Gasteiger partial charge >= 0.3 is 5.97 Å². The second-order valence-corrected chi connectivity index (χ2v) is 4.46. The van der Waals surface area contributed by atoms with Crippen molar-refractivity contribution in [2.24, 2.45) is 0 Å². The first kappa shape index (κ1) is 14.9. The summed E-state index contributed by atoms with van der Waals surface area (Å²) in [5, 5.41) is 38.1. The number of esters is 1. The molecule has 1 aliphatic rings. The molecule has 4 N–H and O–H groups in total. The van der Waals surface area contributed by atoms with Crippen molar-refractivity contribution in [3.63, 3.8) is 0 Å². The third kappa shape index (κ3) is 2.97. The molecule has 1 aromatic carbocycles. The number of aliphatic hydroxyl groups excluding tert-OH is 4. The van der Waals surface area contributed by atoms with E-state index in [1.54, 1.807) is 18.2 Å². The summed E-state index contributed by atoms with van der Waals surface area (Å²) in [4.78, 5) is 11.9. The molecule has 0 unspecified atom stereocenters. The van der Waals surface area contributed by atoms with Gasteiger partial charge in [0.15, 0.2) is 12.4 Å². The molecule has 2 rings (SSSR count). The molecule has 20 heavy (non-hydrogen) atoms. The monoisotopic (exact) mass is 284 g/mol. The standard InChI is InChI=1S/C13H16O7/c14-6-8-9(15)11(10(16)13(18)19-8)20-12(17)7-4-2-1-3-5-7/h1-5,8-11,13-16,18H,6H2/t8-,9+,10-,11+,13-/m1/s1. The van der Waals surface area contributed by atoms with Crippen LogP contribution < -0.4 is 0 Å². The minimum atomic E-state index is -1.65. The Morgan fingerprint density at radius 2 is 1.80 bits per heavy atom. The van der Waals surface area contributed by atoms with Crippen LogP contribution in [-0.4, -0.2) is 63.7 Å². The molecule has 0 aromatic heterocycles. The van der Waals surface area contributed by atoms with Crippen LogP contribution in [0.2, 0.25) is 0 Å². The van der Waals surface area contributed by atoms with Crippen LogP contribution in [-0.2, 0) is 9.47 Å². The largest absolute Gasteiger partial charge is 0.453 e. The molecule has 110 valence electrons. The Labute approximate surface area is 115 Å². The first-order valence-corrected chi connectivity index (χ1v) is 6.11. The second kappa shape index (κ2) is 6.29. The fourth-order valence-electron chi connectivity index (χ4n) is 1.97. The van der Waals surface area contributed by atoms with Crippen LogP contribution in [0.1, 0.15) is 10.4 Å². The van der Waals surface area contributed by atoms with Gasteiger partial charge in [-0.3, -0.25) is 0 Å². The van der Waals surface area contributed by atoms with Crippen LogP contribution in [0.25, 0.3) is 0 Å². The highest BCUT2D eigenvalue weighted by Crippen LogP contribution is 2.23. The maximum atomic E-state index is 11.9. The summed E-state index contributed by atoms with van der Waals surface area (Å²) in [7, 11) is 0. The van der Waals surface area contributed by atoms with Crippen molar-refractivity contribution < 1.29 is 34.7 Å². The Bertz CT molecular complexity index is 449. The summed E-state index contributed by atoms with van der Waals surface area (Å²) in [5.74, 6) is -0.750. The zero-order valence-electron chi connectivity index (χ0n) is 10.5. The summed E-state index contributed by atoms with van der Waals surface area (Å²) in [6.07, 6.45) is -7.21. The molecule has 1 aliphatic heterocycles. The van der Waals surface area contributed by atoms with Crippen molar-refractivity contribution in [1.29, 1.82) is 0 Å². The number of benzene rings is 1. The maximum absolute atomic E-state index is 11.9. The quantitative estimate of drug-likeness (QED) is 0.507. The van der Waals surface area contributed by atoms with Crippen LogP contribution in [0.5, 0.6) is 0 Å². The van der Waals surface area contributed by atoms with Gasteiger partial charge in [0, 0.05) is 0 Å². The van der Waals surface area contributed by atoms with E-state index in [0.717, 1.165) is 0 Å². The molecule has 0 spiro atoms. The lowest BCUT2D eigenvalue weighted by molar-refractivity contribution is -0.285. The Morgan fingerprint density at radius 1 is 1.15 bits per heavy atom. The minimum Gasteiger partial charge on any atom is -0.453 e. The van der Waals surface area contributed by atoms with Crippen molar-refractivity contribution in [1.82, 2.24) is 0 Å². The van der Waals surface area contributed by atoms with Crippen molar-refractivity contribution in [2.45, 2.75) is 30.7 Å². The number of carbonyl (C=O) groups excluding carboxylic acids is 1. The molecule has 0 radical (unpaired) electrons. The highest BCUT2D eigenvalue weighted by molar-refractivity contribution is 5.89. The molecular weight excluding hydrogens is 268 g/mol. The molecule has 5 atom stereocenters. The first-order valence-electron chi connectivity index (χ1n) is 6.11. The lowest BCUT2D eigenvalue weighted by atomic mass is 9.99. The van der Waals surface area contributed by atoms with E-state index in [4.69, 9.17) is 14.6 Å². The van der Waals surface area contributed by atoms with E-state index in [-0.39, 0.29) is 5.56 Å². The van der Waals surface area contributed by atoms with E-state index in [9.17, 15) is 20.1 Å². The van der Waals surface area contributed by atoms with Gasteiger partial charge in [0.25, 0.3) is 0 Å². The van der Waals surface area contributed by atoms with Crippen molar-refractivity contribution in [2.75, 3.05) is 6.61 Å². The van der Waals surface area contributed by atoms with E-state index in [2.05, 4.69) is 0 Å². The Kier molecular flexibility index (Phi) is 4.69. The SMILES string of the molecule is O=C(O[C@@H]1[C@@H](O)[C@H](O)O[C@H](CO)[C@@H]1O)c1ccccc1. The zero-order chi connectivity index (χ0) is 14.7. The smallest absolute Gasteiger partial charge is 0.338 e. The van der Waals surface area contributed by atoms with Crippen molar-refractivity contribution in [3.8, 4) is 0 Å². The molecule has 0 bridgehead atoms. The molecule has 7 heteroatoms. The molecule has 1 fully saturated rings. The molecule has 1 heterocycles. The van der Waals surface area contributed by atoms with E-state index >= 15 is 0 Å². The van der Waals surface area contributed by atoms with Gasteiger partial charge in [-0.25, -0.2) is 4.79 Å². The maximum Gasteiger partial charge on any atom is 0.338 e. The fourth-order valence-corrected chi connectivity index (χ4v) is 1.97. The summed E-state index contributed by atoms with van der Waals surface area (Å²) in [6, 6.07) is 8.03. The van der Waals surface area contributed by atoms with Gasteiger partial charge in [0.1, 0.15) is 18.3 Å². The predicted molar refractivity (Wildman–Crippen MR) is 65.6 cm³/mol. The van der Waals surface area contributed by atoms with Gasteiger partial charge in [-0.05, 0) is 12.1 Å².